The lowest BCUT2D eigenvalue weighted by Crippen LogP contribution is -2.49. The Hall–Kier alpha value is -1.18. The van der Waals surface area contributed by atoms with E-state index in [9.17, 15) is 9.59 Å². The molecule has 7 heteroatoms. The Balaban J connectivity index is 2.32. The van der Waals surface area contributed by atoms with Crippen LogP contribution >= 0.6 is 0 Å². The van der Waals surface area contributed by atoms with Gasteiger partial charge in [0.25, 0.3) is 0 Å². The highest BCUT2D eigenvalue weighted by molar-refractivity contribution is 5.77. The minimum atomic E-state index is -0.926. The number of carbonyl (C=O) groups is 2. The number of rotatable bonds is 8. The molecule has 1 amide bonds. The Morgan fingerprint density at radius 1 is 1.37 bits per heavy atom. The molecule has 1 fully saturated rings. The molecular weight excluding hydrogens is 254 g/mol. The second kappa shape index (κ2) is 8.84. The van der Waals surface area contributed by atoms with Gasteiger partial charge in [0.2, 0.25) is 5.91 Å². The molecule has 0 aromatic heterocycles. The van der Waals surface area contributed by atoms with E-state index in [-0.39, 0.29) is 31.4 Å². The number of hydrogen-bond acceptors (Lipinski definition) is 5. The van der Waals surface area contributed by atoms with Crippen LogP contribution in [0.5, 0.6) is 0 Å². The third-order valence-corrected chi connectivity index (χ3v) is 2.85. The Labute approximate surface area is 112 Å². The van der Waals surface area contributed by atoms with E-state index in [1.807, 2.05) is 0 Å². The van der Waals surface area contributed by atoms with Crippen molar-refractivity contribution >= 4 is 11.9 Å². The average Bonchev–Trinajstić information content (AvgIpc) is 2.38. The van der Waals surface area contributed by atoms with E-state index in [1.165, 1.54) is 0 Å². The van der Waals surface area contributed by atoms with Crippen molar-refractivity contribution in [3.05, 3.63) is 0 Å². The van der Waals surface area contributed by atoms with Gasteiger partial charge < -0.3 is 24.2 Å². The highest BCUT2D eigenvalue weighted by Gasteiger charge is 2.28. The van der Waals surface area contributed by atoms with Gasteiger partial charge >= 0.3 is 5.97 Å². The molecule has 1 unspecified atom stereocenters. The van der Waals surface area contributed by atoms with Crippen LogP contribution in [0.25, 0.3) is 0 Å². The zero-order valence-electron chi connectivity index (χ0n) is 11.2. The second-order valence-electron chi connectivity index (χ2n) is 4.27. The third-order valence-electron chi connectivity index (χ3n) is 2.85. The highest BCUT2D eigenvalue weighted by Crippen LogP contribution is 2.12. The summed E-state index contributed by atoms with van der Waals surface area (Å²) in [6, 6.07) is -0.377. The molecule has 0 aliphatic carbocycles. The summed E-state index contributed by atoms with van der Waals surface area (Å²) in [5, 5.41) is 8.81. The molecule has 0 spiro atoms. The molecule has 1 aliphatic heterocycles. The molecule has 1 saturated heterocycles. The van der Waals surface area contributed by atoms with Crippen LogP contribution in [0.15, 0.2) is 0 Å². The maximum absolute atomic E-state index is 12.0. The average molecular weight is 275 g/mol. The Kier molecular flexibility index (Phi) is 7.39. The molecule has 7 nitrogen and oxygen atoms in total. The SMILES string of the molecule is COCCOCCC(=O)N1CCOCC1CC(=O)O. The van der Waals surface area contributed by atoms with Gasteiger partial charge in [0.15, 0.2) is 0 Å². The van der Waals surface area contributed by atoms with Gasteiger partial charge in [-0.2, -0.15) is 0 Å². The largest absolute Gasteiger partial charge is 0.481 e. The van der Waals surface area contributed by atoms with Crippen molar-refractivity contribution in [2.24, 2.45) is 0 Å². The fourth-order valence-corrected chi connectivity index (χ4v) is 1.90. The summed E-state index contributed by atoms with van der Waals surface area (Å²) in [6.45, 7) is 2.43. The summed E-state index contributed by atoms with van der Waals surface area (Å²) in [5.41, 5.74) is 0. The van der Waals surface area contributed by atoms with Gasteiger partial charge in [-0.1, -0.05) is 0 Å². The standard InChI is InChI=1S/C12H21NO6/c1-17-6-7-18-4-2-11(14)13-3-5-19-9-10(13)8-12(15)16/h10H,2-9H2,1H3,(H,15,16). The number of amides is 1. The predicted molar refractivity (Wildman–Crippen MR) is 65.9 cm³/mol. The first-order valence-corrected chi connectivity index (χ1v) is 6.31. The van der Waals surface area contributed by atoms with Crippen LogP contribution in [0.3, 0.4) is 0 Å². The monoisotopic (exact) mass is 275 g/mol. The summed E-state index contributed by atoms with van der Waals surface area (Å²) < 4.78 is 15.3. The molecular formula is C12H21NO6. The van der Waals surface area contributed by atoms with Gasteiger partial charge in [0.05, 0.1) is 51.9 Å². The van der Waals surface area contributed by atoms with Gasteiger partial charge in [-0.25, -0.2) is 0 Å². The van der Waals surface area contributed by atoms with Gasteiger partial charge in [-0.15, -0.1) is 0 Å². The number of carboxylic acids is 1. The minimum absolute atomic E-state index is 0.0870. The summed E-state index contributed by atoms with van der Waals surface area (Å²) in [7, 11) is 1.58. The maximum atomic E-state index is 12.0. The summed E-state index contributed by atoms with van der Waals surface area (Å²) in [4.78, 5) is 24.3. The maximum Gasteiger partial charge on any atom is 0.305 e. The van der Waals surface area contributed by atoms with Crippen LogP contribution in [0.1, 0.15) is 12.8 Å². The molecule has 0 aromatic carbocycles. The molecule has 1 aliphatic rings. The fraction of sp³-hybridized carbons (Fsp3) is 0.833. The molecule has 110 valence electrons. The first-order valence-electron chi connectivity index (χ1n) is 6.31. The molecule has 1 rings (SSSR count). The van der Waals surface area contributed by atoms with E-state index >= 15 is 0 Å². The fourth-order valence-electron chi connectivity index (χ4n) is 1.90. The number of hydrogen-bond donors (Lipinski definition) is 1. The number of carbonyl (C=O) groups excluding carboxylic acids is 1. The van der Waals surface area contributed by atoms with E-state index in [0.717, 1.165) is 0 Å². The van der Waals surface area contributed by atoms with E-state index in [4.69, 9.17) is 19.3 Å². The minimum Gasteiger partial charge on any atom is -0.481 e. The van der Waals surface area contributed by atoms with Gasteiger partial charge in [-0.05, 0) is 0 Å². The molecule has 0 bridgehead atoms. The van der Waals surface area contributed by atoms with E-state index in [1.54, 1.807) is 12.0 Å². The third kappa shape index (κ3) is 6.00. The van der Waals surface area contributed by atoms with Crippen molar-refractivity contribution in [2.45, 2.75) is 18.9 Å². The van der Waals surface area contributed by atoms with Crippen LogP contribution in [-0.4, -0.2) is 74.6 Å². The molecule has 0 aromatic rings. The van der Waals surface area contributed by atoms with Crippen LogP contribution in [0.2, 0.25) is 0 Å². The number of carboxylic acid groups (broad SMARTS) is 1. The summed E-state index contributed by atoms with van der Waals surface area (Å²) in [6.07, 6.45) is 0.163. The molecule has 0 radical (unpaired) electrons. The van der Waals surface area contributed by atoms with Crippen molar-refractivity contribution in [1.82, 2.24) is 4.90 Å². The first kappa shape index (κ1) is 15.9. The summed E-state index contributed by atoms with van der Waals surface area (Å²) in [5.74, 6) is -1.02. The van der Waals surface area contributed by atoms with Gasteiger partial charge in [-0.3, -0.25) is 9.59 Å². The predicted octanol–water partition coefficient (Wildman–Crippen LogP) is -0.258. The molecule has 1 atom stereocenters. The van der Waals surface area contributed by atoms with E-state index in [2.05, 4.69) is 0 Å². The number of nitrogens with zero attached hydrogens (tertiary/aromatic N) is 1. The van der Waals surface area contributed by atoms with E-state index < -0.39 is 5.97 Å². The van der Waals surface area contributed by atoms with Crippen molar-refractivity contribution in [1.29, 1.82) is 0 Å². The summed E-state index contributed by atoms with van der Waals surface area (Å²) >= 11 is 0. The van der Waals surface area contributed by atoms with Crippen LogP contribution < -0.4 is 0 Å². The lowest BCUT2D eigenvalue weighted by Gasteiger charge is -2.34. The van der Waals surface area contributed by atoms with Crippen molar-refractivity contribution in [3.63, 3.8) is 0 Å². The molecule has 0 saturated carbocycles. The lowest BCUT2D eigenvalue weighted by molar-refractivity contribution is -0.147. The van der Waals surface area contributed by atoms with Crippen molar-refractivity contribution in [3.8, 4) is 0 Å². The van der Waals surface area contributed by atoms with Crippen molar-refractivity contribution < 1.29 is 28.9 Å². The first-order chi connectivity index (χ1) is 9.15. The Bertz CT molecular complexity index is 296. The number of ether oxygens (including phenoxy) is 3. The zero-order chi connectivity index (χ0) is 14.1. The van der Waals surface area contributed by atoms with E-state index in [0.29, 0.717) is 33.0 Å². The molecule has 19 heavy (non-hydrogen) atoms. The van der Waals surface area contributed by atoms with Crippen molar-refractivity contribution in [2.75, 3.05) is 46.7 Å². The van der Waals surface area contributed by atoms with Crippen LogP contribution in [-0.2, 0) is 23.8 Å². The zero-order valence-corrected chi connectivity index (χ0v) is 11.2. The molecule has 1 N–H and O–H groups in total. The number of aliphatic carboxylic acids is 1. The second-order valence-corrected chi connectivity index (χ2v) is 4.27. The smallest absolute Gasteiger partial charge is 0.305 e. The molecule has 1 heterocycles. The Morgan fingerprint density at radius 3 is 2.84 bits per heavy atom. The quantitative estimate of drug-likeness (QED) is 0.614. The van der Waals surface area contributed by atoms with Crippen LogP contribution in [0, 0.1) is 0 Å². The highest BCUT2D eigenvalue weighted by atomic mass is 16.5. The normalized spacial score (nSPS) is 19.4. The number of morpholine rings is 1. The van der Waals surface area contributed by atoms with Gasteiger partial charge in [0.1, 0.15) is 0 Å². The topological polar surface area (TPSA) is 85.3 Å². The van der Waals surface area contributed by atoms with Gasteiger partial charge in [0, 0.05) is 13.7 Å². The lowest BCUT2D eigenvalue weighted by atomic mass is 10.1. The van der Waals surface area contributed by atoms with Crippen LogP contribution in [0.4, 0.5) is 0 Å². The number of methoxy groups -OCH3 is 1. The Morgan fingerprint density at radius 2 is 2.16 bits per heavy atom.